The van der Waals surface area contributed by atoms with Crippen molar-refractivity contribution in [2.24, 2.45) is 4.99 Å². The maximum Gasteiger partial charge on any atom is 0.222 e. The molecule has 3 N–H and O–H groups in total. The van der Waals surface area contributed by atoms with Gasteiger partial charge < -0.3 is 20.5 Å². The van der Waals surface area contributed by atoms with Gasteiger partial charge >= 0.3 is 0 Å². The van der Waals surface area contributed by atoms with Crippen LogP contribution >= 0.6 is 0 Å². The zero-order chi connectivity index (χ0) is 21.6. The summed E-state index contributed by atoms with van der Waals surface area (Å²) in [5, 5.41) is 7.59. The van der Waals surface area contributed by atoms with Crippen LogP contribution in [0.25, 0.3) is 10.9 Å². The summed E-state index contributed by atoms with van der Waals surface area (Å²) in [4.78, 5) is 21.4. The number of amides is 1. The molecule has 1 aliphatic heterocycles. The molecule has 0 saturated carbocycles. The van der Waals surface area contributed by atoms with Gasteiger partial charge in [0.2, 0.25) is 5.91 Å². The van der Waals surface area contributed by atoms with Crippen LogP contribution in [-0.2, 0) is 24.3 Å². The van der Waals surface area contributed by atoms with Crippen LogP contribution in [-0.4, -0.2) is 41.9 Å². The SMILES string of the molecule is CN=C(NCCc1c[nH]c2ccc(F)cc12)NCc1ccccc1CN1CCCC1=O. The lowest BCUT2D eigenvalue weighted by Gasteiger charge is -2.19. The number of rotatable bonds is 7. The molecule has 1 aromatic heterocycles. The smallest absolute Gasteiger partial charge is 0.222 e. The standard InChI is InChI=1S/C24H28FN5O/c1-26-24(27-11-10-18-15-28-22-9-8-20(25)13-21(18)22)29-14-17-5-2-3-6-19(17)16-30-12-4-7-23(30)31/h2-3,5-6,8-9,13,15,28H,4,7,10-12,14,16H2,1H3,(H2,26,27,29). The number of halogens is 1. The second-order valence-electron chi connectivity index (χ2n) is 7.79. The average Bonchev–Trinajstić information content (AvgIpc) is 3.37. The summed E-state index contributed by atoms with van der Waals surface area (Å²) >= 11 is 0. The lowest BCUT2D eigenvalue weighted by Crippen LogP contribution is -2.38. The van der Waals surface area contributed by atoms with Gasteiger partial charge in [-0.15, -0.1) is 0 Å². The summed E-state index contributed by atoms with van der Waals surface area (Å²) in [6.07, 6.45) is 4.27. The number of aromatic amines is 1. The number of carbonyl (C=O) groups is 1. The highest BCUT2D eigenvalue weighted by atomic mass is 19.1. The van der Waals surface area contributed by atoms with E-state index in [1.807, 2.05) is 23.2 Å². The molecule has 1 saturated heterocycles. The van der Waals surface area contributed by atoms with Crippen molar-refractivity contribution in [1.29, 1.82) is 0 Å². The molecule has 31 heavy (non-hydrogen) atoms. The van der Waals surface area contributed by atoms with Gasteiger partial charge in [-0.25, -0.2) is 4.39 Å². The Balaban J connectivity index is 1.32. The number of benzene rings is 2. The first kappa shape index (κ1) is 20.9. The van der Waals surface area contributed by atoms with E-state index in [4.69, 9.17) is 0 Å². The highest BCUT2D eigenvalue weighted by Crippen LogP contribution is 2.20. The van der Waals surface area contributed by atoms with Gasteiger partial charge in [-0.1, -0.05) is 24.3 Å². The summed E-state index contributed by atoms with van der Waals surface area (Å²) in [7, 11) is 1.74. The molecule has 7 heteroatoms. The van der Waals surface area contributed by atoms with E-state index in [9.17, 15) is 9.18 Å². The van der Waals surface area contributed by atoms with Gasteiger partial charge in [0, 0.05) is 56.7 Å². The fourth-order valence-electron chi connectivity index (χ4n) is 4.03. The van der Waals surface area contributed by atoms with Gasteiger partial charge in [0.05, 0.1) is 0 Å². The van der Waals surface area contributed by atoms with E-state index in [1.165, 1.54) is 6.07 Å². The molecule has 4 rings (SSSR count). The molecule has 0 aliphatic carbocycles. The monoisotopic (exact) mass is 421 g/mol. The van der Waals surface area contributed by atoms with E-state index < -0.39 is 0 Å². The maximum atomic E-state index is 13.6. The molecule has 0 spiro atoms. The minimum absolute atomic E-state index is 0.229. The van der Waals surface area contributed by atoms with Crippen LogP contribution in [0.3, 0.4) is 0 Å². The van der Waals surface area contributed by atoms with Gasteiger partial charge in [0.15, 0.2) is 5.96 Å². The molecule has 2 heterocycles. The minimum Gasteiger partial charge on any atom is -0.361 e. The van der Waals surface area contributed by atoms with Gasteiger partial charge in [0.1, 0.15) is 5.82 Å². The molecule has 1 fully saturated rings. The topological polar surface area (TPSA) is 72.5 Å². The third-order valence-corrected chi connectivity index (χ3v) is 5.74. The molecular formula is C24H28FN5O. The zero-order valence-electron chi connectivity index (χ0n) is 17.7. The number of guanidine groups is 1. The molecule has 0 bridgehead atoms. The highest BCUT2D eigenvalue weighted by Gasteiger charge is 2.20. The molecule has 0 atom stereocenters. The normalized spacial score (nSPS) is 14.5. The Kier molecular flexibility index (Phi) is 6.50. The Bertz CT molecular complexity index is 1090. The zero-order valence-corrected chi connectivity index (χ0v) is 17.7. The number of H-pyrrole nitrogens is 1. The van der Waals surface area contributed by atoms with Crippen molar-refractivity contribution in [3.8, 4) is 0 Å². The van der Waals surface area contributed by atoms with E-state index in [2.05, 4.69) is 32.7 Å². The van der Waals surface area contributed by atoms with E-state index in [0.717, 1.165) is 47.0 Å². The Morgan fingerprint density at radius 2 is 2.00 bits per heavy atom. The van der Waals surface area contributed by atoms with Crippen molar-refractivity contribution in [2.45, 2.75) is 32.4 Å². The fourth-order valence-corrected chi connectivity index (χ4v) is 4.03. The van der Waals surface area contributed by atoms with Gasteiger partial charge in [-0.05, 0) is 47.7 Å². The van der Waals surface area contributed by atoms with Crippen molar-refractivity contribution < 1.29 is 9.18 Å². The molecule has 0 radical (unpaired) electrons. The van der Waals surface area contributed by atoms with Crippen LogP contribution in [0.15, 0.2) is 53.7 Å². The fraction of sp³-hybridized carbons (Fsp3) is 0.333. The second kappa shape index (κ2) is 9.64. The molecule has 3 aromatic rings. The predicted molar refractivity (Wildman–Crippen MR) is 121 cm³/mol. The summed E-state index contributed by atoms with van der Waals surface area (Å²) in [6, 6.07) is 13.0. The first-order valence-corrected chi connectivity index (χ1v) is 10.7. The molecule has 1 amide bonds. The highest BCUT2D eigenvalue weighted by molar-refractivity contribution is 5.83. The molecular weight excluding hydrogens is 393 g/mol. The van der Waals surface area contributed by atoms with E-state index >= 15 is 0 Å². The first-order chi connectivity index (χ1) is 15.1. The van der Waals surface area contributed by atoms with Crippen LogP contribution in [0.4, 0.5) is 4.39 Å². The van der Waals surface area contributed by atoms with Gasteiger partial charge in [-0.3, -0.25) is 9.79 Å². The number of nitrogens with zero attached hydrogens (tertiary/aromatic N) is 2. The quantitative estimate of drug-likeness (QED) is 0.405. The summed E-state index contributed by atoms with van der Waals surface area (Å²) in [5.74, 6) is 0.712. The minimum atomic E-state index is -0.229. The molecule has 2 aromatic carbocycles. The number of likely N-dealkylation sites (tertiary alicyclic amines) is 1. The van der Waals surface area contributed by atoms with E-state index in [0.29, 0.717) is 32.0 Å². The number of nitrogens with one attached hydrogen (secondary N) is 3. The number of hydrogen-bond acceptors (Lipinski definition) is 2. The van der Waals surface area contributed by atoms with Crippen LogP contribution in [0.2, 0.25) is 0 Å². The Morgan fingerprint density at radius 1 is 1.16 bits per heavy atom. The molecule has 0 unspecified atom stereocenters. The van der Waals surface area contributed by atoms with Crippen molar-refractivity contribution in [3.05, 3.63) is 71.2 Å². The Labute approximate surface area is 181 Å². The number of hydrogen-bond donors (Lipinski definition) is 3. The molecule has 1 aliphatic rings. The van der Waals surface area contributed by atoms with Crippen molar-refractivity contribution in [1.82, 2.24) is 20.5 Å². The average molecular weight is 422 g/mol. The van der Waals surface area contributed by atoms with Gasteiger partial charge in [-0.2, -0.15) is 0 Å². The number of aromatic nitrogens is 1. The van der Waals surface area contributed by atoms with E-state index in [1.54, 1.807) is 19.2 Å². The van der Waals surface area contributed by atoms with Crippen LogP contribution in [0.5, 0.6) is 0 Å². The summed E-state index contributed by atoms with van der Waals surface area (Å²) in [5.41, 5.74) is 4.31. The Morgan fingerprint density at radius 3 is 2.77 bits per heavy atom. The van der Waals surface area contributed by atoms with Crippen LogP contribution in [0.1, 0.15) is 29.5 Å². The van der Waals surface area contributed by atoms with Crippen LogP contribution < -0.4 is 10.6 Å². The third-order valence-electron chi connectivity index (χ3n) is 5.74. The maximum absolute atomic E-state index is 13.6. The van der Waals surface area contributed by atoms with E-state index in [-0.39, 0.29) is 11.7 Å². The molecule has 162 valence electrons. The van der Waals surface area contributed by atoms with Crippen molar-refractivity contribution >= 4 is 22.8 Å². The predicted octanol–water partition coefficient (Wildman–Crippen LogP) is 3.34. The summed E-state index contributed by atoms with van der Waals surface area (Å²) < 4.78 is 13.6. The number of aliphatic imine (C=N–C) groups is 1. The number of fused-ring (bicyclic) bond motifs is 1. The Hall–Kier alpha value is -3.35. The third kappa shape index (κ3) is 5.05. The molecule has 6 nitrogen and oxygen atoms in total. The van der Waals surface area contributed by atoms with Crippen molar-refractivity contribution in [3.63, 3.8) is 0 Å². The first-order valence-electron chi connectivity index (χ1n) is 10.7. The lowest BCUT2D eigenvalue weighted by atomic mass is 10.1. The van der Waals surface area contributed by atoms with Crippen LogP contribution in [0, 0.1) is 5.82 Å². The lowest BCUT2D eigenvalue weighted by molar-refractivity contribution is -0.128. The largest absolute Gasteiger partial charge is 0.361 e. The number of carbonyl (C=O) groups excluding carboxylic acids is 1. The van der Waals surface area contributed by atoms with Gasteiger partial charge in [0.25, 0.3) is 0 Å². The second-order valence-corrected chi connectivity index (χ2v) is 7.79. The van der Waals surface area contributed by atoms with Crippen molar-refractivity contribution in [2.75, 3.05) is 20.1 Å². The summed E-state index contributed by atoms with van der Waals surface area (Å²) in [6.45, 7) is 2.78.